The molecule has 0 radical (unpaired) electrons. The summed E-state index contributed by atoms with van der Waals surface area (Å²) in [5.41, 5.74) is 3.34. The molecule has 1 atom stereocenters. The SMILES string of the molecule is N#CC1=C(c2cccc(F)c2)C2=CC(OCCCCC(=O)N3CCOCC3)C(=O)CC2=CN1C1CC1. The number of carbonyl (C=O) groups is 2. The number of hydrogen-bond donors (Lipinski definition) is 0. The molecule has 0 spiro atoms. The number of amides is 1. The minimum absolute atomic E-state index is 0.0378. The Bertz CT molecular complexity index is 1170. The van der Waals surface area contributed by atoms with E-state index in [2.05, 4.69) is 6.07 Å². The van der Waals surface area contributed by atoms with Crippen LogP contribution in [0.2, 0.25) is 0 Å². The lowest BCUT2D eigenvalue weighted by molar-refractivity contribution is -0.135. The van der Waals surface area contributed by atoms with Crippen molar-refractivity contribution in [1.82, 2.24) is 9.80 Å². The average Bonchev–Trinajstić information content (AvgIpc) is 3.73. The molecule has 0 aromatic heterocycles. The highest BCUT2D eigenvalue weighted by Gasteiger charge is 2.38. The van der Waals surface area contributed by atoms with Crippen LogP contribution in [0.3, 0.4) is 0 Å². The fourth-order valence-electron chi connectivity index (χ4n) is 4.97. The first-order chi connectivity index (χ1) is 17.5. The molecule has 4 aliphatic rings. The fourth-order valence-corrected chi connectivity index (χ4v) is 4.97. The number of ether oxygens (including phenoxy) is 2. The van der Waals surface area contributed by atoms with Crippen LogP contribution in [-0.2, 0) is 19.1 Å². The van der Waals surface area contributed by atoms with Crippen LogP contribution in [0, 0.1) is 17.1 Å². The van der Waals surface area contributed by atoms with Gasteiger partial charge in [-0.2, -0.15) is 5.26 Å². The van der Waals surface area contributed by atoms with E-state index in [9.17, 15) is 19.2 Å². The number of morpholine rings is 1. The Kier molecular flexibility index (Phi) is 7.30. The minimum Gasteiger partial charge on any atom is -0.378 e. The maximum Gasteiger partial charge on any atom is 0.222 e. The highest BCUT2D eigenvalue weighted by atomic mass is 19.1. The molecule has 8 heteroatoms. The summed E-state index contributed by atoms with van der Waals surface area (Å²) >= 11 is 0. The predicted molar refractivity (Wildman–Crippen MR) is 131 cm³/mol. The minimum atomic E-state index is -0.733. The number of unbranched alkanes of at least 4 members (excludes halogenated alkanes) is 1. The van der Waals surface area contributed by atoms with Gasteiger partial charge in [-0.25, -0.2) is 4.39 Å². The van der Waals surface area contributed by atoms with E-state index >= 15 is 0 Å². The van der Waals surface area contributed by atoms with E-state index in [1.54, 1.807) is 18.2 Å². The Balaban J connectivity index is 1.29. The van der Waals surface area contributed by atoms with E-state index in [1.165, 1.54) is 12.1 Å². The average molecular weight is 492 g/mol. The molecule has 2 heterocycles. The molecule has 7 nitrogen and oxygen atoms in total. The standard InChI is InChI=1S/C28H30FN3O4/c29-21-5-3-4-19(14-21)28-23-16-26(36-11-2-1-6-27(34)31-9-12-35-13-10-31)25(33)15-20(23)18-32(22-7-8-22)24(28)17-30/h3-5,14,16,18,22,26H,1-2,6-13,15H2. The van der Waals surface area contributed by atoms with E-state index in [-0.39, 0.29) is 30.0 Å². The summed E-state index contributed by atoms with van der Waals surface area (Å²) in [7, 11) is 0. The highest BCUT2D eigenvalue weighted by molar-refractivity contribution is 5.98. The highest BCUT2D eigenvalue weighted by Crippen LogP contribution is 2.44. The molecular weight excluding hydrogens is 461 g/mol. The third-order valence-electron chi connectivity index (χ3n) is 7.01. The number of Topliss-reactive ketones (excluding diaryl/α,β-unsaturated/α-hetero) is 1. The van der Waals surface area contributed by atoms with Crippen LogP contribution < -0.4 is 0 Å². The first-order valence-corrected chi connectivity index (χ1v) is 12.7. The van der Waals surface area contributed by atoms with Gasteiger partial charge in [-0.3, -0.25) is 9.59 Å². The summed E-state index contributed by atoms with van der Waals surface area (Å²) < 4.78 is 25.4. The molecule has 1 saturated heterocycles. The van der Waals surface area contributed by atoms with Gasteiger partial charge in [-0.05, 0) is 60.6 Å². The van der Waals surface area contributed by atoms with Gasteiger partial charge in [0.2, 0.25) is 5.91 Å². The number of benzene rings is 1. The van der Waals surface area contributed by atoms with Crippen molar-refractivity contribution in [3.05, 3.63) is 64.8 Å². The molecule has 188 valence electrons. The van der Waals surface area contributed by atoms with Crippen LogP contribution in [0.15, 0.2) is 53.4 Å². The van der Waals surface area contributed by atoms with E-state index in [1.807, 2.05) is 16.0 Å². The van der Waals surface area contributed by atoms with Crippen molar-refractivity contribution in [2.24, 2.45) is 0 Å². The molecule has 2 aliphatic heterocycles. The van der Waals surface area contributed by atoms with Crippen LogP contribution in [0.25, 0.3) is 5.57 Å². The van der Waals surface area contributed by atoms with Crippen molar-refractivity contribution in [1.29, 1.82) is 5.26 Å². The predicted octanol–water partition coefficient (Wildman–Crippen LogP) is 3.74. The molecule has 2 fully saturated rings. The maximum atomic E-state index is 14.1. The summed E-state index contributed by atoms with van der Waals surface area (Å²) in [6.07, 6.45) is 6.92. The molecule has 2 aliphatic carbocycles. The number of halogens is 1. The molecule has 0 bridgehead atoms. The second-order valence-electron chi connectivity index (χ2n) is 9.60. The number of nitriles is 1. The Labute approximate surface area is 210 Å². The van der Waals surface area contributed by atoms with Gasteiger partial charge in [-0.1, -0.05) is 12.1 Å². The molecule has 0 N–H and O–H groups in total. The van der Waals surface area contributed by atoms with Gasteiger partial charge in [0.25, 0.3) is 0 Å². The van der Waals surface area contributed by atoms with Crippen molar-refractivity contribution in [3.8, 4) is 6.07 Å². The number of carbonyl (C=O) groups excluding carboxylic acids is 2. The lowest BCUT2D eigenvalue weighted by Crippen LogP contribution is -2.40. The zero-order valence-electron chi connectivity index (χ0n) is 20.2. The zero-order valence-corrected chi connectivity index (χ0v) is 20.2. The van der Waals surface area contributed by atoms with E-state index in [0.717, 1.165) is 24.0 Å². The summed E-state index contributed by atoms with van der Waals surface area (Å²) in [5, 5.41) is 10.1. The largest absolute Gasteiger partial charge is 0.378 e. The van der Waals surface area contributed by atoms with Crippen molar-refractivity contribution in [2.45, 2.75) is 50.7 Å². The number of rotatable bonds is 8. The number of allylic oxidation sites excluding steroid dienone is 4. The molecule has 1 unspecified atom stereocenters. The number of ketones is 1. The maximum absolute atomic E-state index is 14.1. The second-order valence-corrected chi connectivity index (χ2v) is 9.60. The van der Waals surface area contributed by atoms with Gasteiger partial charge >= 0.3 is 0 Å². The van der Waals surface area contributed by atoms with Gasteiger partial charge in [0, 0.05) is 50.4 Å². The summed E-state index contributed by atoms with van der Waals surface area (Å²) in [6.45, 7) is 2.80. The summed E-state index contributed by atoms with van der Waals surface area (Å²) in [5.74, 6) is -0.289. The Morgan fingerprint density at radius 1 is 1.22 bits per heavy atom. The lowest BCUT2D eigenvalue weighted by atomic mass is 9.81. The number of hydrogen-bond acceptors (Lipinski definition) is 6. The molecule has 1 saturated carbocycles. The van der Waals surface area contributed by atoms with Crippen molar-refractivity contribution in [2.75, 3.05) is 32.9 Å². The van der Waals surface area contributed by atoms with E-state index < -0.39 is 6.10 Å². The molecular formula is C28H30FN3O4. The van der Waals surface area contributed by atoms with Gasteiger partial charge in [-0.15, -0.1) is 0 Å². The molecule has 1 aromatic rings. The molecule has 1 aromatic carbocycles. The fraction of sp³-hybridized carbons (Fsp3) is 0.464. The first kappa shape index (κ1) is 24.4. The van der Waals surface area contributed by atoms with Crippen LogP contribution in [0.4, 0.5) is 4.39 Å². The van der Waals surface area contributed by atoms with Gasteiger partial charge in [0.1, 0.15) is 23.7 Å². The normalized spacial score (nSPS) is 22.1. The second kappa shape index (κ2) is 10.8. The Morgan fingerprint density at radius 3 is 2.75 bits per heavy atom. The number of fused-ring (bicyclic) bond motifs is 1. The van der Waals surface area contributed by atoms with Gasteiger partial charge in [0.15, 0.2) is 5.78 Å². The van der Waals surface area contributed by atoms with Crippen molar-refractivity contribution < 1.29 is 23.5 Å². The molecule has 1 amide bonds. The third kappa shape index (κ3) is 5.28. The third-order valence-corrected chi connectivity index (χ3v) is 7.01. The Morgan fingerprint density at radius 2 is 2.03 bits per heavy atom. The molecule has 5 rings (SSSR count). The summed E-state index contributed by atoms with van der Waals surface area (Å²) in [6, 6.07) is 8.80. The van der Waals surface area contributed by atoms with Crippen LogP contribution >= 0.6 is 0 Å². The van der Waals surface area contributed by atoms with Crippen molar-refractivity contribution >= 4 is 17.3 Å². The van der Waals surface area contributed by atoms with Crippen LogP contribution in [0.1, 0.15) is 44.1 Å². The monoisotopic (exact) mass is 491 g/mol. The number of nitrogens with zero attached hydrogens (tertiary/aromatic N) is 3. The summed E-state index contributed by atoms with van der Waals surface area (Å²) in [4.78, 5) is 29.0. The van der Waals surface area contributed by atoms with Gasteiger partial charge < -0.3 is 19.3 Å². The van der Waals surface area contributed by atoms with Crippen LogP contribution in [-0.4, -0.2) is 66.5 Å². The van der Waals surface area contributed by atoms with E-state index in [0.29, 0.717) is 69.0 Å². The zero-order chi connectivity index (χ0) is 25.1. The van der Waals surface area contributed by atoms with Crippen LogP contribution in [0.5, 0.6) is 0 Å². The quantitative estimate of drug-likeness (QED) is 0.516. The van der Waals surface area contributed by atoms with E-state index in [4.69, 9.17) is 9.47 Å². The topological polar surface area (TPSA) is 82.9 Å². The van der Waals surface area contributed by atoms with Gasteiger partial charge in [0.05, 0.1) is 13.2 Å². The lowest BCUT2D eigenvalue weighted by Gasteiger charge is -2.34. The molecule has 36 heavy (non-hydrogen) atoms. The van der Waals surface area contributed by atoms with Crippen molar-refractivity contribution in [3.63, 3.8) is 0 Å². The Hall–Kier alpha value is -3.28. The smallest absolute Gasteiger partial charge is 0.222 e. The first-order valence-electron chi connectivity index (χ1n) is 12.7.